The summed E-state index contributed by atoms with van der Waals surface area (Å²) >= 11 is 0. The van der Waals surface area contributed by atoms with Crippen LogP contribution in [0.5, 0.6) is 17.2 Å². The monoisotopic (exact) mass is 474 g/mol. The summed E-state index contributed by atoms with van der Waals surface area (Å²) in [6.45, 7) is 3.09. The van der Waals surface area contributed by atoms with Gasteiger partial charge in [-0.05, 0) is 54.0 Å². The molecule has 3 aromatic rings. The average molecular weight is 475 g/mol. The lowest BCUT2D eigenvalue weighted by Crippen LogP contribution is -2.28. The van der Waals surface area contributed by atoms with Gasteiger partial charge in [0, 0.05) is 19.2 Å². The summed E-state index contributed by atoms with van der Waals surface area (Å²) in [5.41, 5.74) is 2.79. The molecule has 0 aliphatic rings. The van der Waals surface area contributed by atoms with Crippen LogP contribution >= 0.6 is 0 Å². The number of rotatable bonds is 12. The molecule has 0 saturated heterocycles. The van der Waals surface area contributed by atoms with Crippen LogP contribution in [-0.2, 0) is 22.7 Å². The Morgan fingerprint density at radius 2 is 1.69 bits per heavy atom. The van der Waals surface area contributed by atoms with E-state index in [4.69, 9.17) is 14.2 Å². The van der Waals surface area contributed by atoms with Gasteiger partial charge in [0.25, 0.3) is 5.91 Å². The molecule has 0 atom stereocenters. The third-order valence-electron chi connectivity index (χ3n) is 4.96. The first-order valence-corrected chi connectivity index (χ1v) is 11.4. The smallest absolute Gasteiger partial charge is 0.257 e. The van der Waals surface area contributed by atoms with Gasteiger partial charge < -0.3 is 24.8 Å². The van der Waals surface area contributed by atoms with Crippen LogP contribution in [0.3, 0.4) is 0 Å². The third-order valence-corrected chi connectivity index (χ3v) is 4.96. The summed E-state index contributed by atoms with van der Waals surface area (Å²) in [6, 6.07) is 22.8. The molecular weight excluding hydrogens is 444 g/mol. The Morgan fingerprint density at radius 3 is 2.46 bits per heavy atom. The second kappa shape index (κ2) is 13.4. The fourth-order valence-electron chi connectivity index (χ4n) is 3.20. The van der Waals surface area contributed by atoms with Gasteiger partial charge in [-0.1, -0.05) is 48.5 Å². The first-order valence-electron chi connectivity index (χ1n) is 11.4. The number of nitrogens with one attached hydrogen (secondary N) is 2. The molecule has 3 rings (SSSR count). The Hall–Kier alpha value is -4.26. The topological polar surface area (TPSA) is 85.9 Å². The minimum absolute atomic E-state index is 0.0937. The maximum Gasteiger partial charge on any atom is 0.257 e. The van der Waals surface area contributed by atoms with E-state index < -0.39 is 0 Å². The average Bonchev–Trinajstić information content (AvgIpc) is 2.89. The molecule has 35 heavy (non-hydrogen) atoms. The molecule has 0 saturated carbocycles. The van der Waals surface area contributed by atoms with Crippen LogP contribution in [0.2, 0.25) is 0 Å². The minimum Gasteiger partial charge on any atom is -0.493 e. The van der Waals surface area contributed by atoms with Crippen molar-refractivity contribution in [2.45, 2.75) is 20.1 Å². The van der Waals surface area contributed by atoms with E-state index in [1.165, 1.54) is 13.2 Å². The highest BCUT2D eigenvalue weighted by atomic mass is 16.5. The van der Waals surface area contributed by atoms with Crippen molar-refractivity contribution in [2.75, 3.05) is 20.3 Å². The maximum atomic E-state index is 12.3. The van der Waals surface area contributed by atoms with Crippen LogP contribution in [0.15, 0.2) is 78.9 Å². The largest absolute Gasteiger partial charge is 0.493 e. The van der Waals surface area contributed by atoms with E-state index in [0.717, 1.165) is 22.4 Å². The number of benzene rings is 3. The fourth-order valence-corrected chi connectivity index (χ4v) is 3.20. The summed E-state index contributed by atoms with van der Waals surface area (Å²) < 4.78 is 16.7. The Kier molecular flexibility index (Phi) is 9.75. The zero-order chi connectivity index (χ0) is 24.9. The van der Waals surface area contributed by atoms with Crippen LogP contribution in [-0.4, -0.2) is 32.1 Å². The summed E-state index contributed by atoms with van der Waals surface area (Å²) in [5, 5.41) is 5.52. The van der Waals surface area contributed by atoms with Crippen LogP contribution < -0.4 is 24.8 Å². The number of methoxy groups -OCH3 is 1. The van der Waals surface area contributed by atoms with E-state index in [9.17, 15) is 9.59 Å². The van der Waals surface area contributed by atoms with Gasteiger partial charge in [0.1, 0.15) is 12.4 Å². The van der Waals surface area contributed by atoms with E-state index >= 15 is 0 Å². The first-order chi connectivity index (χ1) is 17.1. The maximum absolute atomic E-state index is 12.3. The lowest BCUT2D eigenvalue weighted by molar-refractivity contribution is -0.123. The molecule has 0 aromatic heterocycles. The van der Waals surface area contributed by atoms with E-state index in [2.05, 4.69) is 10.6 Å². The van der Waals surface area contributed by atoms with Crippen LogP contribution in [0.25, 0.3) is 6.08 Å². The predicted octanol–water partition coefficient (Wildman–Crippen LogP) is 4.12. The molecule has 182 valence electrons. The van der Waals surface area contributed by atoms with Gasteiger partial charge in [-0.2, -0.15) is 0 Å². The fraction of sp³-hybridized carbons (Fsp3) is 0.214. The Balaban J connectivity index is 1.50. The van der Waals surface area contributed by atoms with Gasteiger partial charge in [-0.25, -0.2) is 0 Å². The molecule has 2 N–H and O–H groups in total. The number of amides is 2. The lowest BCUT2D eigenvalue weighted by Gasteiger charge is -2.12. The molecule has 7 nitrogen and oxygen atoms in total. The molecular formula is C28H30N2O5. The number of ether oxygens (including phenoxy) is 3. The van der Waals surface area contributed by atoms with Crippen molar-refractivity contribution < 1.29 is 23.8 Å². The molecule has 2 amide bonds. The predicted molar refractivity (Wildman–Crippen MR) is 135 cm³/mol. The van der Waals surface area contributed by atoms with Gasteiger partial charge in [0.2, 0.25) is 5.91 Å². The molecule has 0 spiro atoms. The zero-order valence-electron chi connectivity index (χ0n) is 20.0. The molecule has 0 bridgehead atoms. The van der Waals surface area contributed by atoms with E-state index in [1.54, 1.807) is 18.2 Å². The van der Waals surface area contributed by atoms with Crippen molar-refractivity contribution in [1.29, 1.82) is 0 Å². The molecule has 7 heteroatoms. The summed E-state index contributed by atoms with van der Waals surface area (Å²) in [4.78, 5) is 23.9. The highest BCUT2D eigenvalue weighted by Gasteiger charge is 2.09. The normalized spacial score (nSPS) is 10.6. The lowest BCUT2D eigenvalue weighted by atomic mass is 10.2. The highest BCUT2D eigenvalue weighted by Crippen LogP contribution is 2.28. The van der Waals surface area contributed by atoms with Crippen molar-refractivity contribution in [3.05, 3.63) is 95.6 Å². The SMILES string of the molecule is CCNC(=O)COc1ccc(CNC(=O)/C=C/c2cccc(OCc3ccccc3)c2)cc1OC. The Morgan fingerprint density at radius 1 is 0.857 bits per heavy atom. The van der Waals surface area contributed by atoms with Crippen LogP contribution in [0.4, 0.5) is 0 Å². The van der Waals surface area contributed by atoms with Gasteiger partial charge in [-0.15, -0.1) is 0 Å². The number of hydrogen-bond donors (Lipinski definition) is 2. The van der Waals surface area contributed by atoms with Crippen molar-refractivity contribution in [3.63, 3.8) is 0 Å². The molecule has 0 radical (unpaired) electrons. The second-order valence-electron chi connectivity index (χ2n) is 7.63. The molecule has 3 aromatic carbocycles. The molecule has 0 heterocycles. The second-order valence-corrected chi connectivity index (χ2v) is 7.63. The summed E-state index contributed by atoms with van der Waals surface area (Å²) in [5.74, 6) is 1.26. The van der Waals surface area contributed by atoms with E-state index in [0.29, 0.717) is 31.2 Å². The third kappa shape index (κ3) is 8.55. The van der Waals surface area contributed by atoms with E-state index in [-0.39, 0.29) is 18.4 Å². The standard InChI is InChI=1S/C28H30N2O5/c1-3-29-28(32)20-35-25-14-12-23(17-26(25)33-2)18-30-27(31)15-13-21-10-7-11-24(16-21)34-19-22-8-5-4-6-9-22/h4-17H,3,18-20H2,1-2H3,(H,29,32)(H,30,31)/b15-13+. The van der Waals surface area contributed by atoms with Crippen LogP contribution in [0.1, 0.15) is 23.6 Å². The first kappa shape index (κ1) is 25.4. The minimum atomic E-state index is -0.226. The number of likely N-dealkylation sites (N-methyl/N-ethyl adjacent to an activating group) is 1. The van der Waals surface area contributed by atoms with Crippen molar-refractivity contribution >= 4 is 17.9 Å². The van der Waals surface area contributed by atoms with Crippen molar-refractivity contribution in [3.8, 4) is 17.2 Å². The highest BCUT2D eigenvalue weighted by molar-refractivity contribution is 5.91. The van der Waals surface area contributed by atoms with Gasteiger partial charge in [0.05, 0.1) is 7.11 Å². The summed E-state index contributed by atoms with van der Waals surface area (Å²) in [7, 11) is 1.52. The number of hydrogen-bond acceptors (Lipinski definition) is 5. The Labute approximate surface area is 205 Å². The number of carbonyl (C=O) groups excluding carboxylic acids is 2. The van der Waals surface area contributed by atoms with Gasteiger partial charge in [0.15, 0.2) is 18.1 Å². The quantitative estimate of drug-likeness (QED) is 0.386. The molecule has 0 aliphatic carbocycles. The Bertz CT molecular complexity index is 1150. The van der Waals surface area contributed by atoms with Crippen molar-refractivity contribution in [2.24, 2.45) is 0 Å². The number of carbonyl (C=O) groups is 2. The molecule has 0 aliphatic heterocycles. The van der Waals surface area contributed by atoms with Gasteiger partial charge in [-0.3, -0.25) is 9.59 Å². The van der Waals surface area contributed by atoms with E-state index in [1.807, 2.05) is 67.6 Å². The molecule has 0 fully saturated rings. The van der Waals surface area contributed by atoms with Crippen LogP contribution in [0, 0.1) is 0 Å². The zero-order valence-corrected chi connectivity index (χ0v) is 20.0. The van der Waals surface area contributed by atoms with Gasteiger partial charge >= 0.3 is 0 Å². The van der Waals surface area contributed by atoms with Crippen molar-refractivity contribution in [1.82, 2.24) is 10.6 Å². The summed E-state index contributed by atoms with van der Waals surface area (Å²) in [6.07, 6.45) is 3.22. The molecule has 0 unspecified atom stereocenters.